The molecule has 1 aromatic rings. The topological polar surface area (TPSA) is 41.8 Å². The Kier molecular flexibility index (Phi) is 2.38. The monoisotopic (exact) mass is 162 g/mol. The molecule has 0 saturated heterocycles. The highest BCUT2D eigenvalue weighted by molar-refractivity contribution is 5.52. The van der Waals surface area contributed by atoms with Gasteiger partial charge in [-0.15, -0.1) is 0 Å². The van der Waals surface area contributed by atoms with Crippen molar-refractivity contribution in [1.82, 2.24) is 4.98 Å². The van der Waals surface area contributed by atoms with Gasteiger partial charge in [-0.2, -0.15) is 0 Å². The number of H-pyrrole nitrogens is 1. The molecule has 2 nitrogen and oxygen atoms in total. The summed E-state index contributed by atoms with van der Waals surface area (Å²) in [6.45, 7) is 7.62. The highest BCUT2D eigenvalue weighted by atomic mass is 14.7. The van der Waals surface area contributed by atoms with E-state index in [9.17, 15) is 0 Å². The van der Waals surface area contributed by atoms with Crippen molar-refractivity contribution in [2.75, 3.05) is 0 Å². The van der Waals surface area contributed by atoms with Crippen LogP contribution in [-0.4, -0.2) is 4.98 Å². The van der Waals surface area contributed by atoms with E-state index in [-0.39, 0.29) is 0 Å². The molecule has 1 rings (SSSR count). The van der Waals surface area contributed by atoms with Crippen molar-refractivity contribution in [3.05, 3.63) is 35.0 Å². The molecular formula is C10H14N2. The first-order chi connectivity index (χ1) is 5.69. The Morgan fingerprint density at radius 1 is 1.67 bits per heavy atom. The molecule has 0 aliphatic carbocycles. The van der Waals surface area contributed by atoms with Crippen LogP contribution in [-0.2, 0) is 0 Å². The third-order valence-corrected chi connectivity index (χ3v) is 1.80. The van der Waals surface area contributed by atoms with E-state index in [4.69, 9.17) is 5.73 Å². The predicted molar refractivity (Wildman–Crippen MR) is 52.7 cm³/mol. The lowest BCUT2D eigenvalue weighted by Crippen LogP contribution is -2.26. The highest BCUT2D eigenvalue weighted by Gasteiger charge is 1.92. The van der Waals surface area contributed by atoms with Crippen molar-refractivity contribution in [3.63, 3.8) is 0 Å². The molecule has 2 heteroatoms. The summed E-state index contributed by atoms with van der Waals surface area (Å²) in [5.41, 5.74) is 7.57. The molecule has 64 valence electrons. The maximum atomic E-state index is 5.74. The Balaban J connectivity index is 3.64. The number of nitrogens with one attached hydrogen (secondary N) is 1. The van der Waals surface area contributed by atoms with Gasteiger partial charge in [0.15, 0.2) is 0 Å². The van der Waals surface area contributed by atoms with Crippen molar-refractivity contribution in [2.24, 2.45) is 5.73 Å². The van der Waals surface area contributed by atoms with E-state index < -0.39 is 0 Å². The molecule has 0 atom stereocenters. The van der Waals surface area contributed by atoms with E-state index in [2.05, 4.69) is 11.6 Å². The second-order valence-corrected chi connectivity index (χ2v) is 2.73. The molecule has 0 fully saturated rings. The minimum absolute atomic E-state index is 0.715. The van der Waals surface area contributed by atoms with E-state index in [1.807, 2.05) is 26.0 Å². The number of aryl methyl sites for hydroxylation is 1. The molecule has 3 N–H and O–H groups in total. The fraction of sp³-hybridized carbons (Fsp3) is 0.200. The molecule has 0 aromatic carbocycles. The summed E-state index contributed by atoms with van der Waals surface area (Å²) in [5.74, 6) is 0. The van der Waals surface area contributed by atoms with E-state index in [1.165, 1.54) is 0 Å². The van der Waals surface area contributed by atoms with Gasteiger partial charge in [-0.25, -0.2) is 0 Å². The van der Waals surface area contributed by atoms with Gasteiger partial charge in [0.2, 0.25) is 0 Å². The average molecular weight is 162 g/mol. The predicted octanol–water partition coefficient (Wildman–Crippen LogP) is 0.376. The van der Waals surface area contributed by atoms with Gasteiger partial charge in [-0.3, -0.25) is 0 Å². The zero-order chi connectivity index (χ0) is 9.14. The largest absolute Gasteiger partial charge is 0.398 e. The van der Waals surface area contributed by atoms with Gasteiger partial charge in [-0.05, 0) is 26.0 Å². The Bertz CT molecular complexity index is 396. The van der Waals surface area contributed by atoms with Crippen LogP contribution in [0.2, 0.25) is 0 Å². The summed E-state index contributed by atoms with van der Waals surface area (Å²) in [5, 5.41) is 2.09. The molecule has 1 aromatic heterocycles. The van der Waals surface area contributed by atoms with Crippen molar-refractivity contribution >= 4 is 11.8 Å². The first kappa shape index (κ1) is 8.65. The van der Waals surface area contributed by atoms with Crippen LogP contribution < -0.4 is 16.3 Å². The minimum Gasteiger partial charge on any atom is -0.398 e. The maximum Gasteiger partial charge on any atom is 0.0433 e. The molecule has 0 unspecified atom stereocenters. The molecule has 0 amide bonds. The first-order valence-electron chi connectivity index (χ1n) is 3.93. The number of hydrogen-bond acceptors (Lipinski definition) is 1. The van der Waals surface area contributed by atoms with Gasteiger partial charge in [0, 0.05) is 22.0 Å². The quantitative estimate of drug-likeness (QED) is 0.615. The minimum atomic E-state index is 0.715. The van der Waals surface area contributed by atoms with Gasteiger partial charge >= 0.3 is 0 Å². The van der Waals surface area contributed by atoms with Gasteiger partial charge in [0.1, 0.15) is 0 Å². The fourth-order valence-electron chi connectivity index (χ4n) is 1.19. The molecule has 0 bridgehead atoms. The van der Waals surface area contributed by atoms with Crippen molar-refractivity contribution < 1.29 is 0 Å². The smallest absolute Gasteiger partial charge is 0.0433 e. The van der Waals surface area contributed by atoms with Crippen molar-refractivity contribution in [3.8, 4) is 0 Å². The summed E-state index contributed by atoms with van der Waals surface area (Å²) < 4.78 is 0. The molecular weight excluding hydrogens is 148 g/mol. The van der Waals surface area contributed by atoms with E-state index >= 15 is 0 Å². The molecule has 1 heterocycles. The van der Waals surface area contributed by atoms with Crippen LogP contribution in [0.4, 0.5) is 0 Å². The lowest BCUT2D eigenvalue weighted by atomic mass is 10.3. The molecule has 0 saturated carbocycles. The summed E-state index contributed by atoms with van der Waals surface area (Å²) in [7, 11) is 0. The Morgan fingerprint density at radius 3 is 2.83 bits per heavy atom. The van der Waals surface area contributed by atoms with Crippen LogP contribution >= 0.6 is 0 Å². The van der Waals surface area contributed by atoms with Crippen LogP contribution in [0.5, 0.6) is 0 Å². The zero-order valence-electron chi connectivity index (χ0n) is 7.52. The summed E-state index contributed by atoms with van der Waals surface area (Å²) in [6, 6.07) is 2.02. The van der Waals surface area contributed by atoms with Crippen molar-refractivity contribution in [2.45, 2.75) is 13.8 Å². The van der Waals surface area contributed by atoms with Crippen LogP contribution in [0.25, 0.3) is 11.8 Å². The number of aromatic amines is 1. The van der Waals surface area contributed by atoms with Gasteiger partial charge in [0.05, 0.1) is 0 Å². The lowest BCUT2D eigenvalue weighted by Gasteiger charge is -1.86. The normalized spacial score (nSPS) is 14.7. The van der Waals surface area contributed by atoms with Gasteiger partial charge < -0.3 is 10.7 Å². The summed E-state index contributed by atoms with van der Waals surface area (Å²) in [6.07, 6.45) is 3.66. The number of aromatic nitrogens is 1. The third kappa shape index (κ3) is 1.42. The highest BCUT2D eigenvalue weighted by Crippen LogP contribution is 1.83. The van der Waals surface area contributed by atoms with Crippen LogP contribution in [0.3, 0.4) is 0 Å². The fourth-order valence-corrected chi connectivity index (χ4v) is 1.19. The Hall–Kier alpha value is -1.44. The van der Waals surface area contributed by atoms with Gasteiger partial charge in [0.25, 0.3) is 0 Å². The first-order valence-corrected chi connectivity index (χ1v) is 3.93. The lowest BCUT2D eigenvalue weighted by molar-refractivity contribution is 1.21. The molecule has 0 radical (unpaired) electrons. The van der Waals surface area contributed by atoms with Crippen LogP contribution in [0.1, 0.15) is 12.6 Å². The van der Waals surface area contributed by atoms with Crippen molar-refractivity contribution in [1.29, 1.82) is 0 Å². The SMILES string of the molecule is C=C/C(N)=c1/cc(C)[nH]/c1=C/C. The molecule has 0 aliphatic heterocycles. The van der Waals surface area contributed by atoms with Gasteiger partial charge in [-0.1, -0.05) is 12.7 Å². The molecule has 0 spiro atoms. The Morgan fingerprint density at radius 2 is 2.33 bits per heavy atom. The summed E-state index contributed by atoms with van der Waals surface area (Å²) in [4.78, 5) is 3.21. The second-order valence-electron chi connectivity index (χ2n) is 2.73. The van der Waals surface area contributed by atoms with Crippen LogP contribution in [0, 0.1) is 6.92 Å². The van der Waals surface area contributed by atoms with E-state index in [0.717, 1.165) is 16.3 Å². The third-order valence-electron chi connectivity index (χ3n) is 1.80. The number of hydrogen-bond donors (Lipinski definition) is 2. The number of nitrogens with two attached hydrogens (primary N) is 1. The average Bonchev–Trinajstić information content (AvgIpc) is 2.45. The second kappa shape index (κ2) is 3.30. The molecule has 12 heavy (non-hydrogen) atoms. The van der Waals surface area contributed by atoms with E-state index in [1.54, 1.807) is 6.08 Å². The summed E-state index contributed by atoms with van der Waals surface area (Å²) >= 11 is 0. The van der Waals surface area contributed by atoms with Crippen LogP contribution in [0.15, 0.2) is 18.7 Å². The molecule has 0 aliphatic rings. The Labute approximate surface area is 72.1 Å². The maximum absolute atomic E-state index is 5.74. The number of rotatable bonds is 1. The van der Waals surface area contributed by atoms with E-state index in [0.29, 0.717) is 5.70 Å². The standard InChI is InChI=1S/C10H14N2/c1-4-9(11)8-6-7(3)12-10(8)5-2/h4-6,12H,1,11H2,2-3H3/b9-8+,10-5+. The zero-order valence-corrected chi connectivity index (χ0v) is 7.52.